The highest BCUT2D eigenvalue weighted by molar-refractivity contribution is 6.30. The second-order valence-electron chi connectivity index (χ2n) is 7.94. The lowest BCUT2D eigenvalue weighted by Gasteiger charge is -2.21. The number of halogens is 1. The second kappa shape index (κ2) is 10.8. The first-order valence-electron chi connectivity index (χ1n) is 11.6. The minimum absolute atomic E-state index is 0.0619. The molecule has 2 aromatic heterocycles. The molecule has 0 radical (unpaired) electrons. The maximum atomic E-state index is 13.0. The number of aryl methyl sites for hydroxylation is 2. The third kappa shape index (κ3) is 5.13. The van der Waals surface area contributed by atoms with E-state index in [1.165, 1.54) is 0 Å². The number of benzene rings is 2. The molecule has 0 saturated carbocycles. The van der Waals surface area contributed by atoms with Crippen LogP contribution in [0.15, 0.2) is 51.7 Å². The summed E-state index contributed by atoms with van der Waals surface area (Å²) in [4.78, 5) is 17.3. The van der Waals surface area contributed by atoms with Gasteiger partial charge in [0.2, 0.25) is 11.8 Å². The number of ether oxygens (including phenoxy) is 1. The number of nitrogens with zero attached hydrogens (tertiary/aromatic N) is 4. The summed E-state index contributed by atoms with van der Waals surface area (Å²) in [6.45, 7) is 6.43. The fourth-order valence-electron chi connectivity index (χ4n) is 3.97. The topological polar surface area (TPSA) is 103 Å². The summed E-state index contributed by atoms with van der Waals surface area (Å²) in [5.41, 5.74) is 2.89. The molecule has 2 heterocycles. The normalized spacial score (nSPS) is 11.2. The average molecular weight is 495 g/mol. The van der Waals surface area contributed by atoms with E-state index in [0.717, 1.165) is 35.2 Å². The fraction of sp³-hybridized carbons (Fsp3) is 0.308. The van der Waals surface area contributed by atoms with Crippen molar-refractivity contribution in [3.05, 3.63) is 86.2 Å². The Morgan fingerprint density at radius 3 is 2.34 bits per heavy atom. The Kier molecular flexibility index (Phi) is 7.63. The molecule has 0 unspecified atom stereocenters. The Balaban J connectivity index is 1.86. The van der Waals surface area contributed by atoms with Gasteiger partial charge >= 0.3 is 0 Å². The predicted octanol–water partition coefficient (Wildman–Crippen LogP) is 4.89. The van der Waals surface area contributed by atoms with E-state index in [1.54, 1.807) is 16.7 Å². The summed E-state index contributed by atoms with van der Waals surface area (Å²) < 4.78 is 12.9. The van der Waals surface area contributed by atoms with Crippen LogP contribution in [-0.2, 0) is 30.6 Å². The molecule has 0 aliphatic carbocycles. The summed E-state index contributed by atoms with van der Waals surface area (Å²) in [6, 6.07) is 13.2. The van der Waals surface area contributed by atoms with Crippen LogP contribution in [-0.4, -0.2) is 31.5 Å². The molecule has 0 aliphatic rings. The molecule has 35 heavy (non-hydrogen) atoms. The van der Waals surface area contributed by atoms with Crippen LogP contribution in [0.2, 0.25) is 5.02 Å². The van der Waals surface area contributed by atoms with Crippen molar-refractivity contribution < 1.29 is 14.3 Å². The second-order valence-corrected chi connectivity index (χ2v) is 8.38. The highest BCUT2D eigenvalue weighted by Gasteiger charge is 2.25. The minimum atomic E-state index is -0.665. The highest BCUT2D eigenvalue weighted by atomic mass is 35.5. The van der Waals surface area contributed by atoms with Gasteiger partial charge < -0.3 is 14.3 Å². The number of aromatic hydroxyl groups is 1. The van der Waals surface area contributed by atoms with E-state index in [2.05, 4.69) is 15.2 Å². The Hall–Kier alpha value is -3.49. The van der Waals surface area contributed by atoms with Gasteiger partial charge in [0.1, 0.15) is 12.4 Å². The van der Waals surface area contributed by atoms with Crippen LogP contribution in [0.1, 0.15) is 49.2 Å². The van der Waals surface area contributed by atoms with Gasteiger partial charge in [-0.1, -0.05) is 55.8 Å². The molecule has 4 aromatic rings. The van der Waals surface area contributed by atoms with Crippen LogP contribution in [0.5, 0.6) is 5.88 Å². The lowest BCUT2D eigenvalue weighted by molar-refractivity contribution is 0.125. The SMILES string of the molecule is CCOCc1nc(=O)c(-c2nnc(Cc3ccc(Cl)cc3)o2)c(O)n1-c1c(CC)cccc1CC. The van der Waals surface area contributed by atoms with Crippen LogP contribution in [0.4, 0.5) is 0 Å². The average Bonchev–Trinajstić information content (AvgIpc) is 3.31. The van der Waals surface area contributed by atoms with E-state index in [0.29, 0.717) is 29.8 Å². The number of hydrogen-bond acceptors (Lipinski definition) is 7. The van der Waals surface area contributed by atoms with Crippen molar-refractivity contribution in [2.24, 2.45) is 0 Å². The van der Waals surface area contributed by atoms with Gasteiger partial charge in [-0.3, -0.25) is 9.36 Å². The van der Waals surface area contributed by atoms with Crippen LogP contribution in [0.25, 0.3) is 17.1 Å². The predicted molar refractivity (Wildman–Crippen MR) is 133 cm³/mol. The molecular weight excluding hydrogens is 468 g/mol. The third-order valence-corrected chi connectivity index (χ3v) is 5.96. The molecule has 8 nitrogen and oxygen atoms in total. The van der Waals surface area contributed by atoms with Crippen molar-refractivity contribution in [1.82, 2.24) is 19.7 Å². The van der Waals surface area contributed by atoms with Crippen LogP contribution >= 0.6 is 11.6 Å². The molecule has 0 fully saturated rings. The lowest BCUT2D eigenvalue weighted by atomic mass is 10.0. The summed E-state index contributed by atoms with van der Waals surface area (Å²) in [7, 11) is 0. The molecule has 0 amide bonds. The Bertz CT molecular complexity index is 1360. The summed E-state index contributed by atoms with van der Waals surface area (Å²) >= 11 is 5.95. The lowest BCUT2D eigenvalue weighted by Crippen LogP contribution is -2.22. The molecule has 4 rings (SSSR count). The van der Waals surface area contributed by atoms with Crippen LogP contribution in [0, 0.1) is 0 Å². The first kappa shape index (κ1) is 24.6. The van der Waals surface area contributed by atoms with E-state index >= 15 is 0 Å². The van der Waals surface area contributed by atoms with E-state index in [9.17, 15) is 9.90 Å². The zero-order valence-corrected chi connectivity index (χ0v) is 20.7. The van der Waals surface area contributed by atoms with Gasteiger partial charge in [-0.05, 0) is 48.6 Å². The molecule has 0 spiro atoms. The van der Waals surface area contributed by atoms with Crippen LogP contribution < -0.4 is 5.56 Å². The first-order chi connectivity index (χ1) is 17.0. The Morgan fingerprint density at radius 1 is 1.03 bits per heavy atom. The Labute approximate surface area is 208 Å². The fourth-order valence-corrected chi connectivity index (χ4v) is 4.10. The quantitative estimate of drug-likeness (QED) is 0.353. The van der Waals surface area contributed by atoms with Crippen molar-refractivity contribution in [1.29, 1.82) is 0 Å². The van der Waals surface area contributed by atoms with Crippen molar-refractivity contribution in [2.75, 3.05) is 6.61 Å². The van der Waals surface area contributed by atoms with Crippen molar-refractivity contribution in [2.45, 2.75) is 46.6 Å². The van der Waals surface area contributed by atoms with Gasteiger partial charge in [-0.15, -0.1) is 10.2 Å². The van der Waals surface area contributed by atoms with E-state index in [1.807, 2.05) is 51.1 Å². The first-order valence-corrected chi connectivity index (χ1v) is 11.9. The van der Waals surface area contributed by atoms with Gasteiger partial charge in [0.15, 0.2) is 5.56 Å². The van der Waals surface area contributed by atoms with Gasteiger partial charge in [0.25, 0.3) is 11.4 Å². The molecule has 0 bridgehead atoms. The summed E-state index contributed by atoms with van der Waals surface area (Å²) in [5, 5.41) is 20.2. The standard InChI is InChI=1S/C26H27ClN4O4/c1-4-17-8-7-9-18(5-2)23(17)31-20(15-34-6-3)28-24(32)22(26(31)33)25-30-29-21(35-25)14-16-10-12-19(27)13-11-16/h7-13,33H,4-6,14-15H2,1-3H3. The van der Waals surface area contributed by atoms with Gasteiger partial charge in [0, 0.05) is 11.6 Å². The van der Waals surface area contributed by atoms with Crippen molar-refractivity contribution >= 4 is 11.6 Å². The molecule has 0 saturated heterocycles. The summed E-state index contributed by atoms with van der Waals surface area (Å²) in [5.74, 6) is 0.202. The largest absolute Gasteiger partial charge is 0.493 e. The zero-order valence-electron chi connectivity index (χ0n) is 19.9. The van der Waals surface area contributed by atoms with E-state index in [4.69, 9.17) is 20.8 Å². The molecule has 0 aliphatic heterocycles. The van der Waals surface area contributed by atoms with E-state index < -0.39 is 5.56 Å². The molecule has 0 atom stereocenters. The maximum Gasteiger partial charge on any atom is 0.289 e. The number of para-hydroxylation sites is 1. The highest BCUT2D eigenvalue weighted by Crippen LogP contribution is 2.32. The summed E-state index contributed by atoms with van der Waals surface area (Å²) in [6.07, 6.45) is 1.81. The molecular formula is C26H27ClN4O4. The van der Waals surface area contributed by atoms with Crippen molar-refractivity contribution in [3.63, 3.8) is 0 Å². The molecule has 1 N–H and O–H groups in total. The molecule has 9 heteroatoms. The molecule has 182 valence electrons. The van der Waals surface area contributed by atoms with Crippen molar-refractivity contribution in [3.8, 4) is 23.0 Å². The molecule has 2 aromatic carbocycles. The van der Waals surface area contributed by atoms with Crippen LogP contribution in [0.3, 0.4) is 0 Å². The smallest absolute Gasteiger partial charge is 0.289 e. The Morgan fingerprint density at radius 2 is 1.71 bits per heavy atom. The van der Waals surface area contributed by atoms with Gasteiger partial charge in [-0.25, -0.2) is 0 Å². The van der Waals surface area contributed by atoms with E-state index in [-0.39, 0.29) is 23.9 Å². The maximum absolute atomic E-state index is 13.0. The zero-order chi connectivity index (χ0) is 24.9. The minimum Gasteiger partial charge on any atom is -0.493 e. The number of aromatic nitrogens is 4. The van der Waals surface area contributed by atoms with Gasteiger partial charge in [-0.2, -0.15) is 4.98 Å². The monoisotopic (exact) mass is 494 g/mol. The number of rotatable bonds is 9. The third-order valence-electron chi connectivity index (χ3n) is 5.71. The number of hydrogen-bond donors (Lipinski definition) is 1. The van der Waals surface area contributed by atoms with Gasteiger partial charge in [0.05, 0.1) is 12.1 Å².